The molecule has 0 saturated heterocycles. The summed E-state index contributed by atoms with van der Waals surface area (Å²) in [5.41, 5.74) is 7.36. The first-order chi connectivity index (χ1) is 9.78. The first kappa shape index (κ1) is 11.8. The maximum Gasteiger partial charge on any atom is 0.192 e. The molecule has 20 heavy (non-hydrogen) atoms. The summed E-state index contributed by atoms with van der Waals surface area (Å²) in [6.45, 7) is 0. The summed E-state index contributed by atoms with van der Waals surface area (Å²) >= 11 is 0. The molecule has 0 saturated carbocycles. The van der Waals surface area contributed by atoms with Crippen LogP contribution in [0.4, 0.5) is 5.69 Å². The maximum atomic E-state index is 9.01. The molecule has 0 atom stereocenters. The zero-order valence-corrected chi connectivity index (χ0v) is 10.3. The Hall–Kier alpha value is -3.27. The van der Waals surface area contributed by atoms with Crippen molar-refractivity contribution in [3.8, 4) is 23.3 Å². The number of nitrogens with zero attached hydrogens (tertiary/aromatic N) is 6. The molecule has 0 radical (unpaired) electrons. The van der Waals surface area contributed by atoms with Gasteiger partial charge in [-0.15, -0.1) is 5.10 Å². The SMILES string of the molecule is N#Cc1nccnc1-n1cnc(-c2cccc(N)c2)n1. The van der Waals surface area contributed by atoms with Gasteiger partial charge < -0.3 is 5.73 Å². The molecule has 0 aliphatic carbocycles. The Morgan fingerprint density at radius 1 is 1.15 bits per heavy atom. The molecule has 2 aromatic heterocycles. The van der Waals surface area contributed by atoms with Gasteiger partial charge in [-0.2, -0.15) is 9.94 Å². The fourth-order valence-corrected chi connectivity index (χ4v) is 1.75. The molecule has 7 heteroatoms. The van der Waals surface area contributed by atoms with Crippen LogP contribution in [0.2, 0.25) is 0 Å². The Morgan fingerprint density at radius 3 is 2.80 bits per heavy atom. The molecule has 0 aliphatic heterocycles. The van der Waals surface area contributed by atoms with Gasteiger partial charge in [0, 0.05) is 23.6 Å². The quantitative estimate of drug-likeness (QED) is 0.696. The normalized spacial score (nSPS) is 10.2. The van der Waals surface area contributed by atoms with Crippen molar-refractivity contribution in [2.75, 3.05) is 5.73 Å². The Balaban J connectivity index is 2.05. The van der Waals surface area contributed by atoms with E-state index in [-0.39, 0.29) is 5.69 Å². The Bertz CT molecular complexity index is 800. The van der Waals surface area contributed by atoms with E-state index in [1.165, 1.54) is 23.4 Å². The third kappa shape index (κ3) is 2.06. The third-order valence-electron chi connectivity index (χ3n) is 2.64. The monoisotopic (exact) mass is 263 g/mol. The van der Waals surface area contributed by atoms with E-state index in [0.717, 1.165) is 5.56 Å². The predicted molar refractivity (Wildman–Crippen MR) is 71.5 cm³/mol. The van der Waals surface area contributed by atoms with Gasteiger partial charge in [-0.1, -0.05) is 12.1 Å². The molecule has 3 rings (SSSR count). The average molecular weight is 263 g/mol. The van der Waals surface area contributed by atoms with Crippen LogP contribution in [0.3, 0.4) is 0 Å². The van der Waals surface area contributed by atoms with Crippen molar-refractivity contribution in [1.82, 2.24) is 24.7 Å². The minimum Gasteiger partial charge on any atom is -0.399 e. The second-order valence-electron chi connectivity index (χ2n) is 3.98. The van der Waals surface area contributed by atoms with E-state index in [9.17, 15) is 0 Å². The third-order valence-corrected chi connectivity index (χ3v) is 2.64. The van der Waals surface area contributed by atoms with Gasteiger partial charge in [0.05, 0.1) is 0 Å². The number of nitrogen functional groups attached to an aromatic ring is 1. The van der Waals surface area contributed by atoms with E-state index in [1.807, 2.05) is 18.2 Å². The molecule has 7 nitrogen and oxygen atoms in total. The predicted octanol–water partition coefficient (Wildman–Crippen LogP) is 1.18. The number of hydrogen-bond acceptors (Lipinski definition) is 6. The molecule has 0 bridgehead atoms. The zero-order valence-electron chi connectivity index (χ0n) is 10.3. The van der Waals surface area contributed by atoms with Crippen molar-refractivity contribution >= 4 is 5.69 Å². The Labute approximate surface area is 114 Å². The molecule has 0 aliphatic rings. The van der Waals surface area contributed by atoms with Gasteiger partial charge in [0.25, 0.3) is 0 Å². The van der Waals surface area contributed by atoms with Crippen LogP contribution in [-0.2, 0) is 0 Å². The summed E-state index contributed by atoms with van der Waals surface area (Å²) in [6, 6.07) is 9.22. The van der Waals surface area contributed by atoms with Crippen LogP contribution in [0.25, 0.3) is 17.2 Å². The molecule has 0 spiro atoms. The summed E-state index contributed by atoms with van der Waals surface area (Å²) in [5.74, 6) is 0.851. The number of hydrogen-bond donors (Lipinski definition) is 1. The number of aromatic nitrogens is 5. The first-order valence-corrected chi connectivity index (χ1v) is 5.77. The summed E-state index contributed by atoms with van der Waals surface area (Å²) < 4.78 is 1.42. The number of benzene rings is 1. The van der Waals surface area contributed by atoms with Crippen molar-refractivity contribution in [2.45, 2.75) is 0 Å². The first-order valence-electron chi connectivity index (χ1n) is 5.77. The van der Waals surface area contributed by atoms with E-state index >= 15 is 0 Å². The van der Waals surface area contributed by atoms with E-state index < -0.39 is 0 Å². The van der Waals surface area contributed by atoms with Gasteiger partial charge in [0.1, 0.15) is 12.4 Å². The maximum absolute atomic E-state index is 9.01. The lowest BCUT2D eigenvalue weighted by Crippen LogP contribution is -2.03. The van der Waals surface area contributed by atoms with E-state index in [1.54, 1.807) is 12.1 Å². The fourth-order valence-electron chi connectivity index (χ4n) is 1.75. The fraction of sp³-hybridized carbons (Fsp3) is 0. The second-order valence-corrected chi connectivity index (χ2v) is 3.98. The highest BCUT2D eigenvalue weighted by atomic mass is 15.4. The highest BCUT2D eigenvalue weighted by Crippen LogP contribution is 2.18. The number of nitrogens with two attached hydrogens (primary N) is 1. The Morgan fingerprint density at radius 2 is 2.00 bits per heavy atom. The van der Waals surface area contributed by atoms with Gasteiger partial charge >= 0.3 is 0 Å². The molecular weight excluding hydrogens is 254 g/mol. The minimum atomic E-state index is 0.191. The van der Waals surface area contributed by atoms with Gasteiger partial charge in [0.2, 0.25) is 0 Å². The second kappa shape index (κ2) is 4.78. The van der Waals surface area contributed by atoms with Crippen molar-refractivity contribution in [3.05, 3.63) is 48.7 Å². The van der Waals surface area contributed by atoms with Crippen LogP contribution >= 0.6 is 0 Å². The average Bonchev–Trinajstić information content (AvgIpc) is 2.97. The number of nitriles is 1. The minimum absolute atomic E-state index is 0.191. The lowest BCUT2D eigenvalue weighted by Gasteiger charge is -2.00. The molecule has 0 unspecified atom stereocenters. The largest absolute Gasteiger partial charge is 0.399 e. The van der Waals surface area contributed by atoms with Crippen LogP contribution < -0.4 is 5.73 Å². The molecule has 1 aromatic carbocycles. The van der Waals surface area contributed by atoms with Gasteiger partial charge in [-0.25, -0.2) is 15.0 Å². The molecule has 0 amide bonds. The molecule has 2 heterocycles. The highest BCUT2D eigenvalue weighted by molar-refractivity contribution is 5.60. The molecule has 0 fully saturated rings. The van der Waals surface area contributed by atoms with Crippen molar-refractivity contribution in [2.24, 2.45) is 0 Å². The van der Waals surface area contributed by atoms with Crippen LogP contribution in [-0.4, -0.2) is 24.7 Å². The van der Waals surface area contributed by atoms with Gasteiger partial charge in [-0.05, 0) is 12.1 Å². The smallest absolute Gasteiger partial charge is 0.192 e. The van der Waals surface area contributed by atoms with Crippen molar-refractivity contribution in [3.63, 3.8) is 0 Å². The summed E-state index contributed by atoms with van der Waals surface area (Å²) in [4.78, 5) is 12.2. The standard InChI is InChI=1S/C13H9N7/c14-7-11-13(17-5-4-16-11)20-8-18-12(19-20)9-2-1-3-10(15)6-9/h1-6,8H,15H2. The van der Waals surface area contributed by atoms with Crippen molar-refractivity contribution < 1.29 is 0 Å². The van der Waals surface area contributed by atoms with Gasteiger partial charge in [-0.3, -0.25) is 0 Å². The summed E-state index contributed by atoms with van der Waals surface area (Å²) in [6.07, 6.45) is 4.44. The van der Waals surface area contributed by atoms with Crippen LogP contribution in [0, 0.1) is 11.3 Å². The van der Waals surface area contributed by atoms with Gasteiger partial charge in [0.15, 0.2) is 17.3 Å². The lowest BCUT2D eigenvalue weighted by atomic mass is 10.2. The molecule has 2 N–H and O–H groups in total. The highest BCUT2D eigenvalue weighted by Gasteiger charge is 2.10. The Kier molecular flexibility index (Phi) is 2.82. The van der Waals surface area contributed by atoms with Crippen LogP contribution in [0.5, 0.6) is 0 Å². The summed E-state index contributed by atoms with van der Waals surface area (Å²) in [7, 11) is 0. The van der Waals surface area contributed by atoms with Crippen LogP contribution in [0.1, 0.15) is 5.69 Å². The zero-order chi connectivity index (χ0) is 13.9. The van der Waals surface area contributed by atoms with E-state index in [4.69, 9.17) is 11.0 Å². The van der Waals surface area contributed by atoms with Crippen molar-refractivity contribution in [1.29, 1.82) is 5.26 Å². The molecule has 96 valence electrons. The van der Waals surface area contributed by atoms with E-state index in [0.29, 0.717) is 17.3 Å². The summed E-state index contributed by atoms with van der Waals surface area (Å²) in [5, 5.41) is 13.3. The number of rotatable bonds is 2. The number of anilines is 1. The molecule has 3 aromatic rings. The van der Waals surface area contributed by atoms with E-state index in [2.05, 4.69) is 20.1 Å². The topological polar surface area (TPSA) is 106 Å². The van der Waals surface area contributed by atoms with Crippen LogP contribution in [0.15, 0.2) is 43.0 Å². The lowest BCUT2D eigenvalue weighted by molar-refractivity contribution is 0.833. The molecular formula is C13H9N7.